The molecule has 2 aliphatic rings. The van der Waals surface area contributed by atoms with Gasteiger partial charge in [0.2, 0.25) is 17.8 Å². The van der Waals surface area contributed by atoms with E-state index >= 15 is 0 Å². The van der Waals surface area contributed by atoms with Crippen molar-refractivity contribution >= 4 is 29.4 Å². The van der Waals surface area contributed by atoms with Gasteiger partial charge in [0.1, 0.15) is 17.9 Å². The number of aromatic amines is 1. The number of benzene rings is 1. The molecule has 1 saturated heterocycles. The summed E-state index contributed by atoms with van der Waals surface area (Å²) in [5.74, 6) is -0.316. The lowest BCUT2D eigenvalue weighted by Gasteiger charge is -2.48. The molecule has 0 saturated carbocycles. The summed E-state index contributed by atoms with van der Waals surface area (Å²) < 4.78 is 0. The van der Waals surface area contributed by atoms with Crippen LogP contribution in [0.4, 0.5) is 11.6 Å². The first-order chi connectivity index (χ1) is 15.0. The number of hydrogen-bond donors (Lipinski definition) is 2. The molecule has 0 radical (unpaired) electrons. The molecule has 1 unspecified atom stereocenters. The van der Waals surface area contributed by atoms with E-state index in [2.05, 4.69) is 25.5 Å². The van der Waals surface area contributed by atoms with Crippen LogP contribution in [-0.2, 0) is 9.59 Å². The number of nitrogens with one attached hydrogen (secondary N) is 2. The van der Waals surface area contributed by atoms with Gasteiger partial charge in [0.25, 0.3) is 5.91 Å². The molecular formula is C21H19N7O3. The van der Waals surface area contributed by atoms with Gasteiger partial charge >= 0.3 is 0 Å². The number of carbonyl (C=O) groups excluding carboxylic acids is 3. The Morgan fingerprint density at radius 3 is 2.81 bits per heavy atom. The monoisotopic (exact) mass is 417 g/mol. The number of H-pyrrole nitrogens is 1. The van der Waals surface area contributed by atoms with Gasteiger partial charge in [-0.15, -0.1) is 5.10 Å². The summed E-state index contributed by atoms with van der Waals surface area (Å²) in [6.07, 6.45) is 2.39. The molecule has 1 atom stereocenters. The lowest BCUT2D eigenvalue weighted by molar-refractivity contribution is -0.120. The Kier molecular flexibility index (Phi) is 4.28. The summed E-state index contributed by atoms with van der Waals surface area (Å²) in [6, 6.07) is 12.3. The van der Waals surface area contributed by atoms with E-state index in [0.29, 0.717) is 35.6 Å². The predicted octanol–water partition coefficient (Wildman–Crippen LogP) is 1.80. The summed E-state index contributed by atoms with van der Waals surface area (Å²) in [6.45, 7) is 1.58. The van der Waals surface area contributed by atoms with Crippen LogP contribution in [-0.4, -0.2) is 55.0 Å². The molecule has 10 nitrogen and oxygen atoms in total. The van der Waals surface area contributed by atoms with Gasteiger partial charge in [-0.3, -0.25) is 34.7 Å². The number of carbonyl (C=O) groups is 3. The standard InChI is InChI=1S/C21H19N7O3/c1-21-10-9-17(30)28(21)15-8-3-2-6-13(15)19(31)27(21)12-16(29)23-20-24-18(25-26-20)14-7-4-5-11-22-14/h2-8,11H,9-10,12H2,1H3,(H2,23,24,25,26,29). The fraction of sp³-hybridized carbons (Fsp3) is 0.238. The molecular weight excluding hydrogens is 398 g/mol. The second-order valence-corrected chi connectivity index (χ2v) is 7.63. The van der Waals surface area contributed by atoms with E-state index in [1.807, 2.05) is 13.0 Å². The third kappa shape index (κ3) is 3.03. The second kappa shape index (κ2) is 7.01. The van der Waals surface area contributed by atoms with Crippen molar-refractivity contribution in [3.05, 3.63) is 54.2 Å². The fourth-order valence-electron chi connectivity index (χ4n) is 4.18. The summed E-state index contributed by atoms with van der Waals surface area (Å²) in [7, 11) is 0. The Labute approximate surface area is 177 Å². The number of amides is 3. The molecule has 0 spiro atoms. The van der Waals surface area contributed by atoms with E-state index in [0.717, 1.165) is 0 Å². The smallest absolute Gasteiger partial charge is 0.258 e. The van der Waals surface area contributed by atoms with Crippen LogP contribution in [0, 0.1) is 0 Å². The molecule has 31 heavy (non-hydrogen) atoms. The Morgan fingerprint density at radius 2 is 2.00 bits per heavy atom. The first-order valence-electron chi connectivity index (χ1n) is 9.85. The zero-order chi connectivity index (χ0) is 21.6. The minimum absolute atomic E-state index is 0.0678. The van der Waals surface area contributed by atoms with Crippen molar-refractivity contribution in [1.29, 1.82) is 0 Å². The number of para-hydroxylation sites is 1. The number of fused-ring (bicyclic) bond motifs is 3. The quantitative estimate of drug-likeness (QED) is 0.667. The Morgan fingerprint density at radius 1 is 1.19 bits per heavy atom. The molecule has 0 aliphatic carbocycles. The van der Waals surface area contributed by atoms with Crippen LogP contribution >= 0.6 is 0 Å². The molecule has 2 aliphatic heterocycles. The predicted molar refractivity (Wildman–Crippen MR) is 111 cm³/mol. The molecule has 3 aromatic rings. The summed E-state index contributed by atoms with van der Waals surface area (Å²) >= 11 is 0. The summed E-state index contributed by atoms with van der Waals surface area (Å²) in [4.78, 5) is 50.1. The molecule has 2 N–H and O–H groups in total. The zero-order valence-corrected chi connectivity index (χ0v) is 16.7. The van der Waals surface area contributed by atoms with E-state index in [1.165, 1.54) is 4.90 Å². The number of anilines is 2. The van der Waals surface area contributed by atoms with Crippen molar-refractivity contribution in [3.8, 4) is 11.5 Å². The Bertz CT molecular complexity index is 1190. The lowest BCUT2D eigenvalue weighted by Crippen LogP contribution is -2.63. The third-order valence-corrected chi connectivity index (χ3v) is 5.69. The summed E-state index contributed by atoms with van der Waals surface area (Å²) in [5, 5.41) is 9.35. The van der Waals surface area contributed by atoms with Gasteiger partial charge in [0, 0.05) is 12.6 Å². The molecule has 1 aromatic carbocycles. The summed E-state index contributed by atoms with van der Waals surface area (Å²) in [5.41, 5.74) is 0.672. The highest BCUT2D eigenvalue weighted by molar-refractivity contribution is 6.11. The van der Waals surface area contributed by atoms with Gasteiger partial charge in [-0.25, -0.2) is 0 Å². The number of rotatable bonds is 4. The molecule has 2 aromatic heterocycles. The van der Waals surface area contributed by atoms with Gasteiger partial charge in [-0.1, -0.05) is 18.2 Å². The fourth-order valence-corrected chi connectivity index (χ4v) is 4.18. The largest absolute Gasteiger partial charge is 0.306 e. The van der Waals surface area contributed by atoms with Crippen LogP contribution in [0.1, 0.15) is 30.1 Å². The first-order valence-corrected chi connectivity index (χ1v) is 9.85. The van der Waals surface area contributed by atoms with E-state index < -0.39 is 11.6 Å². The number of pyridine rings is 1. The van der Waals surface area contributed by atoms with E-state index in [9.17, 15) is 14.4 Å². The van der Waals surface area contributed by atoms with Gasteiger partial charge in [-0.05, 0) is 37.6 Å². The van der Waals surface area contributed by atoms with Crippen LogP contribution in [0.5, 0.6) is 0 Å². The Balaban J connectivity index is 1.38. The molecule has 3 amide bonds. The molecule has 0 bridgehead atoms. The van der Waals surface area contributed by atoms with Crippen molar-refractivity contribution in [2.75, 3.05) is 16.8 Å². The molecule has 4 heterocycles. The highest BCUT2D eigenvalue weighted by atomic mass is 16.2. The zero-order valence-electron chi connectivity index (χ0n) is 16.7. The number of hydrogen-bond acceptors (Lipinski definition) is 6. The van der Waals surface area contributed by atoms with Crippen LogP contribution in [0.25, 0.3) is 11.5 Å². The van der Waals surface area contributed by atoms with Crippen LogP contribution < -0.4 is 10.2 Å². The van der Waals surface area contributed by atoms with Crippen LogP contribution in [0.3, 0.4) is 0 Å². The topological polar surface area (TPSA) is 124 Å². The normalized spacial score (nSPS) is 19.9. The maximum absolute atomic E-state index is 13.2. The van der Waals surface area contributed by atoms with Gasteiger partial charge in [0.05, 0.1) is 11.3 Å². The Hall–Kier alpha value is -4.08. The van der Waals surface area contributed by atoms with E-state index in [-0.39, 0.29) is 24.3 Å². The van der Waals surface area contributed by atoms with Crippen molar-refractivity contribution in [1.82, 2.24) is 25.1 Å². The van der Waals surface area contributed by atoms with Crippen LogP contribution in [0.15, 0.2) is 48.7 Å². The second-order valence-electron chi connectivity index (χ2n) is 7.63. The number of nitrogens with zero attached hydrogens (tertiary/aromatic N) is 5. The van der Waals surface area contributed by atoms with Crippen molar-refractivity contribution in [3.63, 3.8) is 0 Å². The number of aromatic nitrogens is 4. The van der Waals surface area contributed by atoms with Crippen molar-refractivity contribution in [2.45, 2.75) is 25.4 Å². The van der Waals surface area contributed by atoms with E-state index in [1.54, 1.807) is 47.5 Å². The highest BCUT2D eigenvalue weighted by Crippen LogP contribution is 2.43. The third-order valence-electron chi connectivity index (χ3n) is 5.69. The molecule has 5 rings (SSSR count). The molecule has 10 heteroatoms. The van der Waals surface area contributed by atoms with Gasteiger partial charge in [-0.2, -0.15) is 4.98 Å². The SMILES string of the molecule is CC12CCC(=O)N1c1ccccc1C(=O)N2CC(=O)Nc1n[nH]c(-c2ccccn2)n1. The molecule has 156 valence electrons. The average Bonchev–Trinajstić information content (AvgIpc) is 3.36. The highest BCUT2D eigenvalue weighted by Gasteiger charge is 2.53. The van der Waals surface area contributed by atoms with E-state index in [4.69, 9.17) is 0 Å². The van der Waals surface area contributed by atoms with Crippen molar-refractivity contribution in [2.24, 2.45) is 0 Å². The van der Waals surface area contributed by atoms with Crippen LogP contribution in [0.2, 0.25) is 0 Å². The van der Waals surface area contributed by atoms with Crippen molar-refractivity contribution < 1.29 is 14.4 Å². The first kappa shape index (κ1) is 18.9. The lowest BCUT2D eigenvalue weighted by atomic mass is 9.98. The van der Waals surface area contributed by atoms with Gasteiger partial charge < -0.3 is 4.90 Å². The maximum atomic E-state index is 13.2. The minimum Gasteiger partial charge on any atom is -0.306 e. The molecule has 1 fully saturated rings. The maximum Gasteiger partial charge on any atom is 0.258 e. The van der Waals surface area contributed by atoms with Gasteiger partial charge in [0.15, 0.2) is 5.82 Å². The minimum atomic E-state index is -0.905. The average molecular weight is 417 g/mol.